The summed E-state index contributed by atoms with van der Waals surface area (Å²) in [6.45, 7) is 4.25. The number of methoxy groups -OCH3 is 1. The molecule has 1 unspecified atom stereocenters. The monoisotopic (exact) mass is 463 g/mol. The molecule has 3 aromatic rings. The molecule has 1 atom stereocenters. The van der Waals surface area contributed by atoms with E-state index in [0.29, 0.717) is 35.6 Å². The number of piperazine rings is 1. The molecule has 2 N–H and O–H groups in total. The van der Waals surface area contributed by atoms with Gasteiger partial charge in [0.25, 0.3) is 5.91 Å². The van der Waals surface area contributed by atoms with E-state index >= 15 is 0 Å². The first-order valence-corrected chi connectivity index (χ1v) is 11.6. The van der Waals surface area contributed by atoms with Crippen LogP contribution >= 0.6 is 0 Å². The summed E-state index contributed by atoms with van der Waals surface area (Å²) in [5.74, 6) is 1.08. The van der Waals surface area contributed by atoms with Crippen LogP contribution in [0.15, 0.2) is 54.7 Å². The molecule has 9 nitrogen and oxygen atoms in total. The molecule has 1 aliphatic carbocycles. The molecule has 0 spiro atoms. The molecule has 34 heavy (non-hydrogen) atoms. The van der Waals surface area contributed by atoms with Gasteiger partial charge in [-0.15, -0.1) is 0 Å². The van der Waals surface area contributed by atoms with Crippen molar-refractivity contribution in [1.82, 2.24) is 19.7 Å². The summed E-state index contributed by atoms with van der Waals surface area (Å²) in [4.78, 5) is 19.8. The molecule has 1 saturated carbocycles. The lowest BCUT2D eigenvalue weighted by atomic mass is 10.1. The molecule has 0 radical (unpaired) electrons. The second kappa shape index (κ2) is 9.19. The largest absolute Gasteiger partial charge is 0.567 e. The first kappa shape index (κ1) is 22.5. The number of rotatable bonds is 7. The number of hydrogen-bond donors (Lipinski definition) is 2. The van der Waals surface area contributed by atoms with Gasteiger partial charge in [0.15, 0.2) is 0 Å². The van der Waals surface area contributed by atoms with E-state index in [4.69, 9.17) is 4.74 Å². The number of benzene rings is 2. The molecular weight excluding hydrogens is 434 g/mol. The zero-order valence-corrected chi connectivity index (χ0v) is 19.2. The lowest BCUT2D eigenvalue weighted by Gasteiger charge is -2.35. The van der Waals surface area contributed by atoms with Crippen LogP contribution in [0.4, 0.5) is 11.4 Å². The van der Waals surface area contributed by atoms with E-state index in [9.17, 15) is 15.2 Å². The maximum atomic E-state index is 13.2. The Labute approximate surface area is 198 Å². The lowest BCUT2D eigenvalue weighted by molar-refractivity contribution is -0.00466. The van der Waals surface area contributed by atoms with Crippen molar-refractivity contribution in [3.63, 3.8) is 0 Å². The summed E-state index contributed by atoms with van der Waals surface area (Å²) in [5.41, 5.74) is 3.76. The van der Waals surface area contributed by atoms with Gasteiger partial charge in [0.2, 0.25) is 5.69 Å². The number of pyridine rings is 1. The van der Waals surface area contributed by atoms with Crippen molar-refractivity contribution in [2.75, 3.05) is 45.3 Å². The predicted octanol–water partition coefficient (Wildman–Crippen LogP) is 3.63. The highest BCUT2D eigenvalue weighted by Gasteiger charge is 2.29. The van der Waals surface area contributed by atoms with Gasteiger partial charge in [-0.25, -0.2) is 4.98 Å². The van der Waals surface area contributed by atoms with E-state index in [2.05, 4.69) is 15.3 Å². The molecular formula is C25H29N5O4. The van der Waals surface area contributed by atoms with Crippen molar-refractivity contribution in [3.05, 3.63) is 65.5 Å². The predicted molar refractivity (Wildman–Crippen MR) is 130 cm³/mol. The first-order chi connectivity index (χ1) is 16.4. The minimum Gasteiger partial charge on any atom is -0.567 e. The Kier molecular flexibility index (Phi) is 6.09. The molecule has 5 rings (SSSR count). The Morgan fingerprint density at radius 1 is 1.18 bits per heavy atom. The van der Waals surface area contributed by atoms with Gasteiger partial charge in [-0.05, 0) is 37.0 Å². The summed E-state index contributed by atoms with van der Waals surface area (Å²) in [5, 5.41) is 24.5. The Hall–Kier alpha value is -3.24. The third-order valence-electron chi connectivity index (χ3n) is 6.52. The number of aromatic nitrogens is 1. The SMILES string of the molecule is COc1cc(N[N+]([O-])(O)c2cccc3cccnc23)ccc1C(=O)N1CCN(CC2CC2)CC1. The van der Waals surface area contributed by atoms with Crippen LogP contribution in [0, 0.1) is 11.1 Å². The highest BCUT2D eigenvalue weighted by molar-refractivity contribution is 5.97. The van der Waals surface area contributed by atoms with Crippen LogP contribution < -0.4 is 15.1 Å². The van der Waals surface area contributed by atoms with Gasteiger partial charge >= 0.3 is 0 Å². The summed E-state index contributed by atoms with van der Waals surface area (Å²) in [7, 11) is 1.48. The first-order valence-electron chi connectivity index (χ1n) is 11.6. The van der Waals surface area contributed by atoms with Crippen LogP contribution in [0.5, 0.6) is 5.75 Å². The maximum Gasteiger partial charge on any atom is 0.257 e. The second-order valence-electron chi connectivity index (χ2n) is 8.99. The highest BCUT2D eigenvalue weighted by atomic mass is 16.9. The molecule has 2 aromatic carbocycles. The van der Waals surface area contributed by atoms with Gasteiger partial charge in [0.1, 0.15) is 11.3 Å². The third-order valence-corrected chi connectivity index (χ3v) is 6.52. The number of quaternary nitrogens is 1. The number of ether oxygens (including phenoxy) is 1. The molecule has 1 saturated heterocycles. The van der Waals surface area contributed by atoms with E-state index in [1.807, 2.05) is 17.0 Å². The van der Waals surface area contributed by atoms with Crippen LogP contribution in [0.1, 0.15) is 23.2 Å². The number of nitrogens with one attached hydrogen (secondary N) is 1. The van der Waals surface area contributed by atoms with Crippen molar-refractivity contribution in [2.24, 2.45) is 5.92 Å². The molecule has 9 heteroatoms. The van der Waals surface area contributed by atoms with E-state index in [1.54, 1.807) is 36.5 Å². The number of nitrogens with zero attached hydrogens (tertiary/aromatic N) is 4. The number of carbonyl (C=O) groups excluding carboxylic acids is 1. The molecule has 1 aromatic heterocycles. The van der Waals surface area contributed by atoms with Crippen molar-refractivity contribution in [2.45, 2.75) is 12.8 Å². The van der Waals surface area contributed by atoms with Crippen LogP contribution in [0.3, 0.4) is 0 Å². The van der Waals surface area contributed by atoms with Crippen molar-refractivity contribution < 1.29 is 14.7 Å². The van der Waals surface area contributed by atoms with Gasteiger partial charge in [0, 0.05) is 56.4 Å². The van der Waals surface area contributed by atoms with Gasteiger partial charge < -0.3 is 14.8 Å². The van der Waals surface area contributed by atoms with E-state index < -0.39 is 4.92 Å². The summed E-state index contributed by atoms with van der Waals surface area (Å²) in [6.07, 6.45) is 4.22. The van der Waals surface area contributed by atoms with Crippen molar-refractivity contribution >= 4 is 28.2 Å². The van der Waals surface area contributed by atoms with Crippen LogP contribution in [-0.2, 0) is 0 Å². The van der Waals surface area contributed by atoms with Gasteiger partial charge in [-0.1, -0.05) is 23.1 Å². The fourth-order valence-electron chi connectivity index (χ4n) is 4.47. The highest BCUT2D eigenvalue weighted by Crippen LogP contribution is 2.32. The number of anilines is 1. The number of para-hydroxylation sites is 1. The molecule has 2 aliphatic rings. The zero-order chi connectivity index (χ0) is 23.7. The van der Waals surface area contributed by atoms with Crippen LogP contribution in [-0.4, -0.2) is 65.7 Å². The molecule has 178 valence electrons. The lowest BCUT2D eigenvalue weighted by Crippen LogP contribution is -2.49. The average Bonchev–Trinajstić information content (AvgIpc) is 3.67. The maximum absolute atomic E-state index is 13.2. The second-order valence-corrected chi connectivity index (χ2v) is 8.99. The van der Waals surface area contributed by atoms with E-state index in [0.717, 1.165) is 30.9 Å². The summed E-state index contributed by atoms with van der Waals surface area (Å²) >= 11 is 0. The third kappa shape index (κ3) is 4.69. The van der Waals surface area contributed by atoms with E-state index in [1.165, 1.54) is 26.0 Å². The Bertz CT molecular complexity index is 1180. The van der Waals surface area contributed by atoms with E-state index in [-0.39, 0.29) is 11.6 Å². The van der Waals surface area contributed by atoms with Crippen LogP contribution in [0.2, 0.25) is 0 Å². The number of carbonyl (C=O) groups is 1. The Balaban J connectivity index is 1.32. The van der Waals surface area contributed by atoms with Crippen LogP contribution in [0.25, 0.3) is 10.9 Å². The Morgan fingerprint density at radius 3 is 2.68 bits per heavy atom. The minimum absolute atomic E-state index is 0.0567. The molecule has 2 fully saturated rings. The fourth-order valence-corrected chi connectivity index (χ4v) is 4.47. The summed E-state index contributed by atoms with van der Waals surface area (Å²) in [6, 6.07) is 13.4. The number of amides is 1. The van der Waals surface area contributed by atoms with Gasteiger partial charge in [0.05, 0.1) is 18.4 Å². The van der Waals surface area contributed by atoms with Gasteiger partial charge in [-0.2, -0.15) is 10.6 Å². The van der Waals surface area contributed by atoms with Crippen molar-refractivity contribution in [1.29, 1.82) is 0 Å². The quantitative estimate of drug-likeness (QED) is 0.408. The van der Waals surface area contributed by atoms with Crippen molar-refractivity contribution in [3.8, 4) is 5.75 Å². The summed E-state index contributed by atoms with van der Waals surface area (Å²) < 4.78 is 5.47. The normalized spacial score (nSPS) is 18.5. The molecule has 1 aliphatic heterocycles. The fraction of sp³-hybridized carbons (Fsp3) is 0.360. The average molecular weight is 464 g/mol. The Morgan fingerprint density at radius 2 is 1.94 bits per heavy atom. The van der Waals surface area contributed by atoms with Gasteiger partial charge in [-0.3, -0.25) is 9.69 Å². The number of hydrogen-bond acceptors (Lipinski definition) is 7. The zero-order valence-electron chi connectivity index (χ0n) is 19.2. The topological polar surface area (TPSA) is 101 Å². The smallest absolute Gasteiger partial charge is 0.257 e. The number of fused-ring (bicyclic) bond motifs is 1. The standard InChI is InChI=1S/C25H29N5O4/c1-34-23-16-20(27-30(32,33)22-6-2-4-19-5-3-11-26-24(19)22)9-10-21(23)25(31)29-14-12-28(13-15-29)17-18-7-8-18/h2-6,9-11,16,18,27,32H,7-8,12-15,17H2,1H3. The molecule has 1 amide bonds. The molecule has 2 heterocycles. The minimum atomic E-state index is -1.85. The molecule has 0 bridgehead atoms.